The second-order valence-electron chi connectivity index (χ2n) is 6.79. The van der Waals surface area contributed by atoms with Crippen molar-refractivity contribution in [3.05, 3.63) is 29.1 Å². The van der Waals surface area contributed by atoms with Crippen LogP contribution in [-0.4, -0.2) is 25.6 Å². The van der Waals surface area contributed by atoms with Crippen molar-refractivity contribution in [3.63, 3.8) is 0 Å². The lowest BCUT2D eigenvalue weighted by Gasteiger charge is -2.15. The number of primary amides is 1. The molecule has 2 N–H and O–H groups in total. The van der Waals surface area contributed by atoms with Gasteiger partial charge in [-0.1, -0.05) is 19.4 Å². The Morgan fingerprint density at radius 3 is 2.58 bits per heavy atom. The Kier molecular flexibility index (Phi) is 9.70. The summed E-state index contributed by atoms with van der Waals surface area (Å²) in [6, 6.07) is 3.52. The Balaban J connectivity index is 2.53. The third-order valence-electron chi connectivity index (χ3n) is 4.22. The number of benzene rings is 1. The van der Waals surface area contributed by atoms with E-state index in [1.807, 2.05) is 19.9 Å². The highest BCUT2D eigenvalue weighted by Crippen LogP contribution is 2.25. The number of aryl methyl sites for hydroxylation is 2. The lowest BCUT2D eigenvalue weighted by atomic mass is 10.0. The van der Waals surface area contributed by atoms with E-state index >= 15 is 0 Å². The zero-order valence-electron chi connectivity index (χ0n) is 16.0. The van der Waals surface area contributed by atoms with Crippen molar-refractivity contribution in [2.45, 2.75) is 58.8 Å². The standard InChI is InChI=1S/C20H30FNO4/c1-14(9-10-18(22)23)13-26-17-12-15(2)11-16(20(17)21)7-5-4-6-8-19(24)25-3/h11-12,14H,4-10,13H2,1-3H3,(H2,22,23)/t14-/m0/s1. The molecule has 5 nitrogen and oxygen atoms in total. The molecule has 6 heteroatoms. The molecular formula is C20H30FNO4. The normalized spacial score (nSPS) is 11.8. The molecule has 1 amide bonds. The summed E-state index contributed by atoms with van der Waals surface area (Å²) in [7, 11) is 1.38. The molecule has 0 heterocycles. The van der Waals surface area contributed by atoms with Crippen molar-refractivity contribution >= 4 is 11.9 Å². The third-order valence-corrected chi connectivity index (χ3v) is 4.22. The molecule has 0 unspecified atom stereocenters. The van der Waals surface area contributed by atoms with Gasteiger partial charge in [0, 0.05) is 12.8 Å². The number of nitrogens with two attached hydrogens (primary N) is 1. The fraction of sp³-hybridized carbons (Fsp3) is 0.600. The first-order valence-corrected chi connectivity index (χ1v) is 9.10. The van der Waals surface area contributed by atoms with Gasteiger partial charge in [-0.05, 0) is 55.7 Å². The van der Waals surface area contributed by atoms with Crippen LogP contribution in [-0.2, 0) is 20.7 Å². The number of amides is 1. The number of methoxy groups -OCH3 is 1. The third kappa shape index (κ3) is 8.32. The molecule has 0 aliphatic carbocycles. The van der Waals surface area contributed by atoms with Gasteiger partial charge in [-0.3, -0.25) is 9.59 Å². The number of esters is 1. The molecule has 0 aliphatic heterocycles. The molecule has 146 valence electrons. The minimum atomic E-state index is -0.340. The predicted octanol–water partition coefficient (Wildman–Crippen LogP) is 3.69. The van der Waals surface area contributed by atoms with Gasteiger partial charge in [-0.25, -0.2) is 4.39 Å². The Labute approximate surface area is 155 Å². The van der Waals surface area contributed by atoms with Crippen LogP contribution in [0.2, 0.25) is 0 Å². The van der Waals surface area contributed by atoms with Crippen LogP contribution in [0.1, 0.15) is 56.6 Å². The highest BCUT2D eigenvalue weighted by molar-refractivity contribution is 5.73. The zero-order chi connectivity index (χ0) is 19.5. The number of halogens is 1. The van der Waals surface area contributed by atoms with E-state index in [0.29, 0.717) is 37.9 Å². The first kappa shape index (κ1) is 21.9. The Hall–Kier alpha value is -2.11. The summed E-state index contributed by atoms with van der Waals surface area (Å²) >= 11 is 0. The monoisotopic (exact) mass is 367 g/mol. The number of carbonyl (C=O) groups excluding carboxylic acids is 2. The highest BCUT2D eigenvalue weighted by atomic mass is 19.1. The molecule has 0 bridgehead atoms. The largest absolute Gasteiger partial charge is 0.490 e. The van der Waals surface area contributed by atoms with Crippen LogP contribution >= 0.6 is 0 Å². The van der Waals surface area contributed by atoms with Gasteiger partial charge in [0.1, 0.15) is 0 Å². The maximum absolute atomic E-state index is 14.6. The molecule has 26 heavy (non-hydrogen) atoms. The van der Waals surface area contributed by atoms with Crippen LogP contribution in [0.15, 0.2) is 12.1 Å². The number of carbonyl (C=O) groups is 2. The molecule has 1 rings (SSSR count). The van der Waals surface area contributed by atoms with Crippen molar-refractivity contribution in [3.8, 4) is 5.75 Å². The van der Waals surface area contributed by atoms with E-state index < -0.39 is 0 Å². The van der Waals surface area contributed by atoms with Gasteiger partial charge in [-0.15, -0.1) is 0 Å². The first-order chi connectivity index (χ1) is 12.3. The predicted molar refractivity (Wildman–Crippen MR) is 98.4 cm³/mol. The van der Waals surface area contributed by atoms with Crippen LogP contribution in [0.3, 0.4) is 0 Å². The van der Waals surface area contributed by atoms with Crippen LogP contribution < -0.4 is 10.5 Å². The van der Waals surface area contributed by atoms with Gasteiger partial charge in [0.15, 0.2) is 11.6 Å². The molecule has 0 radical (unpaired) electrons. The van der Waals surface area contributed by atoms with Crippen LogP contribution in [0.25, 0.3) is 0 Å². The van der Waals surface area contributed by atoms with E-state index in [-0.39, 0.29) is 29.4 Å². The molecule has 0 saturated heterocycles. The van der Waals surface area contributed by atoms with Gasteiger partial charge in [-0.2, -0.15) is 0 Å². The van der Waals surface area contributed by atoms with E-state index in [1.54, 1.807) is 6.07 Å². The van der Waals surface area contributed by atoms with Crippen molar-refractivity contribution in [2.24, 2.45) is 11.7 Å². The smallest absolute Gasteiger partial charge is 0.305 e. The van der Waals surface area contributed by atoms with E-state index in [1.165, 1.54) is 7.11 Å². The fourth-order valence-electron chi connectivity index (χ4n) is 2.66. The molecule has 1 aromatic rings. The molecule has 0 spiro atoms. The van der Waals surface area contributed by atoms with Gasteiger partial charge in [0.2, 0.25) is 5.91 Å². The van der Waals surface area contributed by atoms with E-state index in [4.69, 9.17) is 10.5 Å². The Morgan fingerprint density at radius 2 is 1.92 bits per heavy atom. The molecule has 0 aliphatic rings. The molecule has 1 aromatic carbocycles. The quantitative estimate of drug-likeness (QED) is 0.451. The van der Waals surface area contributed by atoms with Gasteiger partial charge in [0.25, 0.3) is 0 Å². The second kappa shape index (κ2) is 11.5. The minimum absolute atomic E-state index is 0.115. The van der Waals surface area contributed by atoms with Gasteiger partial charge < -0.3 is 15.2 Å². The van der Waals surface area contributed by atoms with E-state index in [2.05, 4.69) is 4.74 Å². The fourth-order valence-corrected chi connectivity index (χ4v) is 2.66. The van der Waals surface area contributed by atoms with E-state index in [9.17, 15) is 14.0 Å². The lowest BCUT2D eigenvalue weighted by Crippen LogP contribution is -2.15. The highest BCUT2D eigenvalue weighted by Gasteiger charge is 2.13. The molecular weight excluding hydrogens is 337 g/mol. The summed E-state index contributed by atoms with van der Waals surface area (Å²) in [6.07, 6.45) is 4.29. The van der Waals surface area contributed by atoms with Crippen molar-refractivity contribution in [1.82, 2.24) is 0 Å². The average Bonchev–Trinajstić information content (AvgIpc) is 2.60. The molecule has 1 atom stereocenters. The maximum Gasteiger partial charge on any atom is 0.305 e. The minimum Gasteiger partial charge on any atom is -0.490 e. The topological polar surface area (TPSA) is 78.6 Å². The Morgan fingerprint density at radius 1 is 1.19 bits per heavy atom. The van der Waals surface area contributed by atoms with Crippen molar-refractivity contribution in [2.75, 3.05) is 13.7 Å². The summed E-state index contributed by atoms with van der Waals surface area (Å²) in [4.78, 5) is 21.9. The molecule has 0 saturated carbocycles. The van der Waals surface area contributed by atoms with Crippen molar-refractivity contribution < 1.29 is 23.5 Å². The second-order valence-corrected chi connectivity index (χ2v) is 6.79. The average molecular weight is 367 g/mol. The summed E-state index contributed by atoms with van der Waals surface area (Å²) < 4.78 is 24.9. The van der Waals surface area contributed by atoms with E-state index in [0.717, 1.165) is 24.8 Å². The number of rotatable bonds is 12. The Bertz CT molecular complexity index is 604. The summed E-state index contributed by atoms with van der Waals surface area (Å²) in [5, 5.41) is 0. The van der Waals surface area contributed by atoms with Gasteiger partial charge >= 0.3 is 5.97 Å². The summed E-state index contributed by atoms with van der Waals surface area (Å²) in [6.45, 7) is 4.19. The van der Waals surface area contributed by atoms with Crippen molar-refractivity contribution in [1.29, 1.82) is 0 Å². The van der Waals surface area contributed by atoms with Crippen LogP contribution in [0, 0.1) is 18.7 Å². The number of hydrogen-bond donors (Lipinski definition) is 1. The van der Waals surface area contributed by atoms with Crippen LogP contribution in [0.5, 0.6) is 5.75 Å². The zero-order valence-corrected chi connectivity index (χ0v) is 16.0. The summed E-state index contributed by atoms with van der Waals surface area (Å²) in [5.41, 5.74) is 6.71. The molecule has 0 fully saturated rings. The number of hydrogen-bond acceptors (Lipinski definition) is 4. The lowest BCUT2D eigenvalue weighted by molar-refractivity contribution is -0.140. The summed E-state index contributed by atoms with van der Waals surface area (Å²) in [5.74, 6) is -0.517. The SMILES string of the molecule is COC(=O)CCCCCc1cc(C)cc(OC[C@@H](C)CCC(N)=O)c1F. The maximum atomic E-state index is 14.6. The van der Waals surface area contributed by atoms with Gasteiger partial charge in [0.05, 0.1) is 13.7 Å². The first-order valence-electron chi connectivity index (χ1n) is 9.10. The van der Waals surface area contributed by atoms with Crippen LogP contribution in [0.4, 0.5) is 4.39 Å². The molecule has 0 aromatic heterocycles. The number of ether oxygens (including phenoxy) is 2. The number of unbranched alkanes of at least 4 members (excludes halogenated alkanes) is 2.